The maximum absolute atomic E-state index is 5.92. The van der Waals surface area contributed by atoms with E-state index in [1.165, 1.54) is 10.3 Å². The molecule has 0 saturated heterocycles. The van der Waals surface area contributed by atoms with Crippen LogP contribution in [-0.4, -0.2) is 4.98 Å². The number of aromatic nitrogens is 1. The van der Waals surface area contributed by atoms with Gasteiger partial charge < -0.3 is 4.74 Å². The first kappa shape index (κ1) is 15.5. The van der Waals surface area contributed by atoms with Crippen molar-refractivity contribution < 1.29 is 4.74 Å². The molecular weight excluding hydrogens is 482 g/mol. The van der Waals surface area contributed by atoms with Gasteiger partial charge in [0, 0.05) is 5.33 Å². The zero-order valence-electron chi connectivity index (χ0n) is 10.8. The number of halogens is 3. The fourth-order valence-corrected chi connectivity index (χ4v) is 4.66. The van der Waals surface area contributed by atoms with Crippen molar-refractivity contribution in [3.05, 3.63) is 55.9 Å². The quantitative estimate of drug-likeness (QED) is 0.400. The van der Waals surface area contributed by atoms with E-state index in [0.717, 1.165) is 30.5 Å². The van der Waals surface area contributed by atoms with Crippen LogP contribution in [0.3, 0.4) is 0 Å². The summed E-state index contributed by atoms with van der Waals surface area (Å²) in [6.45, 7) is 0.463. The van der Waals surface area contributed by atoms with Crippen LogP contribution in [0.15, 0.2) is 45.3 Å². The summed E-state index contributed by atoms with van der Waals surface area (Å²) >= 11 is 12.2. The van der Waals surface area contributed by atoms with E-state index >= 15 is 0 Å². The summed E-state index contributed by atoms with van der Waals surface area (Å²) in [5.74, 6) is 0.805. The second-order valence-electron chi connectivity index (χ2n) is 4.39. The number of hydrogen-bond donors (Lipinski definition) is 0. The molecule has 2 nitrogen and oxygen atoms in total. The second-order valence-corrected chi connectivity index (χ2v) is 7.77. The SMILES string of the molecule is BrCc1cc(Br)c(OCc2nc3ccccc3s2)c(Br)c1. The number of rotatable bonds is 4. The average molecular weight is 492 g/mol. The van der Waals surface area contributed by atoms with Crippen LogP contribution in [0, 0.1) is 0 Å². The van der Waals surface area contributed by atoms with Crippen LogP contribution in [0.5, 0.6) is 5.75 Å². The molecule has 0 spiro atoms. The number of para-hydroxylation sites is 1. The minimum absolute atomic E-state index is 0.463. The number of thiazole rings is 1. The van der Waals surface area contributed by atoms with E-state index in [-0.39, 0.29) is 0 Å². The van der Waals surface area contributed by atoms with Crippen LogP contribution in [-0.2, 0) is 11.9 Å². The van der Waals surface area contributed by atoms with E-state index in [1.54, 1.807) is 11.3 Å². The van der Waals surface area contributed by atoms with E-state index in [1.807, 2.05) is 30.3 Å². The van der Waals surface area contributed by atoms with Crippen LogP contribution in [0.4, 0.5) is 0 Å². The van der Waals surface area contributed by atoms with E-state index in [9.17, 15) is 0 Å². The first-order valence-electron chi connectivity index (χ1n) is 6.18. The summed E-state index contributed by atoms with van der Waals surface area (Å²) in [6.07, 6.45) is 0. The molecule has 6 heteroatoms. The number of ether oxygens (including phenoxy) is 1. The highest BCUT2D eigenvalue weighted by Crippen LogP contribution is 2.36. The van der Waals surface area contributed by atoms with Crippen molar-refractivity contribution in [3.8, 4) is 5.75 Å². The van der Waals surface area contributed by atoms with Gasteiger partial charge in [-0.3, -0.25) is 0 Å². The molecule has 0 N–H and O–H groups in total. The molecule has 108 valence electrons. The lowest BCUT2D eigenvalue weighted by atomic mass is 10.2. The second kappa shape index (κ2) is 6.77. The van der Waals surface area contributed by atoms with Crippen LogP contribution < -0.4 is 4.74 Å². The van der Waals surface area contributed by atoms with Gasteiger partial charge in [-0.25, -0.2) is 4.98 Å². The van der Waals surface area contributed by atoms with Crippen molar-refractivity contribution in [2.24, 2.45) is 0 Å². The minimum Gasteiger partial charge on any atom is -0.484 e. The molecule has 1 aromatic heterocycles. The maximum Gasteiger partial charge on any atom is 0.148 e. The lowest BCUT2D eigenvalue weighted by molar-refractivity contribution is 0.302. The monoisotopic (exact) mass is 489 g/mol. The first-order valence-corrected chi connectivity index (χ1v) is 9.71. The van der Waals surface area contributed by atoms with Crippen LogP contribution in [0.2, 0.25) is 0 Å². The third-order valence-corrected chi connectivity index (χ3v) is 5.73. The predicted octanol–water partition coefficient (Wildman–Crippen LogP) is 6.30. The summed E-state index contributed by atoms with van der Waals surface area (Å²) in [5, 5.41) is 1.78. The average Bonchev–Trinajstić information content (AvgIpc) is 2.88. The molecule has 0 amide bonds. The zero-order valence-corrected chi connectivity index (χ0v) is 16.4. The van der Waals surface area contributed by atoms with Gasteiger partial charge in [0.1, 0.15) is 17.4 Å². The van der Waals surface area contributed by atoms with Crippen molar-refractivity contribution >= 4 is 69.3 Å². The van der Waals surface area contributed by atoms with Gasteiger partial charge in [0.25, 0.3) is 0 Å². The van der Waals surface area contributed by atoms with Gasteiger partial charge in [-0.15, -0.1) is 11.3 Å². The Morgan fingerprint density at radius 3 is 2.48 bits per heavy atom. The minimum atomic E-state index is 0.463. The maximum atomic E-state index is 5.92. The lowest BCUT2D eigenvalue weighted by Gasteiger charge is -2.10. The highest BCUT2D eigenvalue weighted by Gasteiger charge is 2.10. The molecule has 3 aromatic rings. The molecule has 0 aliphatic carbocycles. The Morgan fingerprint density at radius 1 is 1.10 bits per heavy atom. The number of nitrogens with zero attached hydrogens (tertiary/aromatic N) is 1. The largest absolute Gasteiger partial charge is 0.484 e. The van der Waals surface area contributed by atoms with Crippen LogP contribution in [0.1, 0.15) is 10.6 Å². The van der Waals surface area contributed by atoms with E-state index in [2.05, 4.69) is 58.8 Å². The molecule has 2 aromatic carbocycles. The van der Waals surface area contributed by atoms with Crippen molar-refractivity contribution in [2.75, 3.05) is 0 Å². The van der Waals surface area contributed by atoms with E-state index in [4.69, 9.17) is 4.74 Å². The molecule has 0 atom stereocenters. The molecule has 0 aliphatic heterocycles. The molecule has 1 heterocycles. The normalized spacial score (nSPS) is 11.0. The van der Waals surface area contributed by atoms with Crippen molar-refractivity contribution in [3.63, 3.8) is 0 Å². The van der Waals surface area contributed by atoms with Crippen molar-refractivity contribution in [1.82, 2.24) is 4.98 Å². The molecule has 21 heavy (non-hydrogen) atoms. The fraction of sp³-hybridized carbons (Fsp3) is 0.133. The lowest BCUT2D eigenvalue weighted by Crippen LogP contribution is -1.97. The molecule has 0 bridgehead atoms. The smallest absolute Gasteiger partial charge is 0.148 e. The Hall–Kier alpha value is -0.430. The van der Waals surface area contributed by atoms with Gasteiger partial charge in [-0.1, -0.05) is 28.1 Å². The predicted molar refractivity (Wildman–Crippen MR) is 98.4 cm³/mol. The Kier molecular flexibility index (Phi) is 4.99. The number of fused-ring (bicyclic) bond motifs is 1. The molecule has 3 rings (SSSR count). The van der Waals surface area contributed by atoms with E-state index < -0.39 is 0 Å². The summed E-state index contributed by atoms with van der Waals surface area (Å²) in [6, 6.07) is 12.2. The molecule has 0 aliphatic rings. The number of benzene rings is 2. The van der Waals surface area contributed by atoms with E-state index in [0.29, 0.717) is 6.61 Å². The molecule has 0 unspecified atom stereocenters. The standard InChI is InChI=1S/C15H10Br3NOS/c16-7-9-5-10(17)15(11(18)6-9)20-8-14-19-12-3-1-2-4-13(12)21-14/h1-6H,7-8H2. The summed E-state index contributed by atoms with van der Waals surface area (Å²) in [7, 11) is 0. The number of hydrogen-bond acceptors (Lipinski definition) is 3. The van der Waals surface area contributed by atoms with Crippen molar-refractivity contribution in [1.29, 1.82) is 0 Å². The van der Waals surface area contributed by atoms with Gasteiger partial charge in [0.2, 0.25) is 0 Å². The molecular formula is C15H10Br3NOS. The number of alkyl halides is 1. The highest BCUT2D eigenvalue weighted by molar-refractivity contribution is 9.11. The third-order valence-electron chi connectivity index (χ3n) is 2.89. The Labute approximate surface area is 151 Å². The van der Waals surface area contributed by atoms with Crippen molar-refractivity contribution in [2.45, 2.75) is 11.9 Å². The van der Waals surface area contributed by atoms with Crippen LogP contribution in [0.25, 0.3) is 10.2 Å². The molecule has 0 radical (unpaired) electrons. The summed E-state index contributed by atoms with van der Waals surface area (Å²) in [4.78, 5) is 4.58. The Balaban J connectivity index is 1.81. The van der Waals surface area contributed by atoms with Gasteiger partial charge in [0.05, 0.1) is 19.2 Å². The van der Waals surface area contributed by atoms with Gasteiger partial charge in [0.15, 0.2) is 0 Å². The van der Waals surface area contributed by atoms with Gasteiger partial charge >= 0.3 is 0 Å². The Bertz CT molecular complexity index is 731. The molecule has 0 fully saturated rings. The molecule has 0 saturated carbocycles. The highest BCUT2D eigenvalue weighted by atomic mass is 79.9. The van der Waals surface area contributed by atoms with Gasteiger partial charge in [-0.2, -0.15) is 0 Å². The third kappa shape index (κ3) is 3.50. The summed E-state index contributed by atoms with van der Waals surface area (Å²) in [5.41, 5.74) is 2.20. The Morgan fingerprint density at radius 2 is 1.81 bits per heavy atom. The topological polar surface area (TPSA) is 22.1 Å². The van der Waals surface area contributed by atoms with Gasteiger partial charge in [-0.05, 0) is 61.7 Å². The van der Waals surface area contributed by atoms with Crippen LogP contribution >= 0.6 is 59.1 Å². The first-order chi connectivity index (χ1) is 10.2. The fourth-order valence-electron chi connectivity index (χ4n) is 1.94. The summed E-state index contributed by atoms with van der Waals surface area (Å²) < 4.78 is 8.98. The zero-order chi connectivity index (χ0) is 14.8.